The number of carbonyl (C=O) groups excluding carboxylic acids is 2. The number of sulfonamides is 1. The molecule has 0 heterocycles. The maximum absolute atomic E-state index is 13.4. The van der Waals surface area contributed by atoms with Gasteiger partial charge < -0.3 is 10.2 Å². The van der Waals surface area contributed by atoms with Gasteiger partial charge in [-0.15, -0.1) is 0 Å². The van der Waals surface area contributed by atoms with Gasteiger partial charge in [-0.05, 0) is 74.6 Å². The molecule has 10 heteroatoms. The first-order chi connectivity index (χ1) is 16.9. The Morgan fingerprint density at radius 3 is 2.17 bits per heavy atom. The molecule has 1 atom stereocenters. The number of rotatable bonds is 12. The van der Waals surface area contributed by atoms with Crippen LogP contribution in [0.2, 0.25) is 10.0 Å². The van der Waals surface area contributed by atoms with Crippen LogP contribution in [0.4, 0.5) is 5.69 Å². The fourth-order valence-corrected chi connectivity index (χ4v) is 5.41. The highest BCUT2D eigenvalue weighted by molar-refractivity contribution is 7.92. The Bertz CT molecular complexity index is 1170. The lowest BCUT2D eigenvalue weighted by Gasteiger charge is -2.31. The molecule has 2 rings (SSSR count). The SMILES string of the molecule is CCNC(=O)[C@H](CC)N(Cc1ccc(Cl)c(Cl)c1)C(=O)CCCN(c1cc(C)cc(C)c1)S(C)(=O)=O. The van der Waals surface area contributed by atoms with E-state index in [1.165, 1.54) is 9.21 Å². The second-order valence-electron chi connectivity index (χ2n) is 8.87. The van der Waals surface area contributed by atoms with E-state index in [0.717, 1.165) is 22.9 Å². The minimum absolute atomic E-state index is 0.0774. The number of nitrogens with zero attached hydrogens (tertiary/aromatic N) is 2. The van der Waals surface area contributed by atoms with E-state index in [0.29, 0.717) is 35.1 Å². The summed E-state index contributed by atoms with van der Waals surface area (Å²) in [6.07, 6.45) is 1.96. The van der Waals surface area contributed by atoms with Gasteiger partial charge in [-0.1, -0.05) is 42.3 Å². The molecule has 36 heavy (non-hydrogen) atoms. The molecular formula is C26H35Cl2N3O4S. The monoisotopic (exact) mass is 555 g/mol. The summed E-state index contributed by atoms with van der Waals surface area (Å²) in [5.41, 5.74) is 3.22. The molecule has 7 nitrogen and oxygen atoms in total. The first-order valence-electron chi connectivity index (χ1n) is 11.9. The zero-order chi connectivity index (χ0) is 27.0. The van der Waals surface area contributed by atoms with Crippen LogP contribution < -0.4 is 9.62 Å². The van der Waals surface area contributed by atoms with Crippen molar-refractivity contribution < 1.29 is 18.0 Å². The zero-order valence-corrected chi connectivity index (χ0v) is 23.8. The summed E-state index contributed by atoms with van der Waals surface area (Å²) in [7, 11) is -3.55. The van der Waals surface area contributed by atoms with Crippen LogP contribution in [0, 0.1) is 13.8 Å². The zero-order valence-electron chi connectivity index (χ0n) is 21.5. The third kappa shape index (κ3) is 8.39. The lowest BCUT2D eigenvalue weighted by Crippen LogP contribution is -2.49. The molecule has 2 aromatic rings. The number of halogens is 2. The number of benzene rings is 2. The van der Waals surface area contributed by atoms with Gasteiger partial charge in [-0.3, -0.25) is 13.9 Å². The van der Waals surface area contributed by atoms with E-state index in [9.17, 15) is 18.0 Å². The summed E-state index contributed by atoms with van der Waals surface area (Å²) in [5.74, 6) is -0.477. The summed E-state index contributed by atoms with van der Waals surface area (Å²) < 4.78 is 26.4. The molecule has 0 aliphatic rings. The van der Waals surface area contributed by atoms with E-state index in [1.54, 1.807) is 18.2 Å². The summed E-state index contributed by atoms with van der Waals surface area (Å²) in [6.45, 7) is 8.26. The molecular weight excluding hydrogens is 521 g/mol. The van der Waals surface area contributed by atoms with Crippen molar-refractivity contribution in [3.05, 3.63) is 63.1 Å². The molecule has 0 saturated heterocycles. The Morgan fingerprint density at radius 2 is 1.64 bits per heavy atom. The number of carbonyl (C=O) groups is 2. The third-order valence-corrected chi connectivity index (χ3v) is 7.65. The van der Waals surface area contributed by atoms with E-state index in [2.05, 4.69) is 5.32 Å². The fourth-order valence-electron chi connectivity index (χ4n) is 4.14. The van der Waals surface area contributed by atoms with E-state index < -0.39 is 16.1 Å². The summed E-state index contributed by atoms with van der Waals surface area (Å²) in [4.78, 5) is 27.7. The van der Waals surface area contributed by atoms with Crippen LogP contribution in [0.15, 0.2) is 36.4 Å². The second kappa shape index (κ2) is 13.3. The quantitative estimate of drug-likeness (QED) is 0.394. The van der Waals surface area contributed by atoms with Gasteiger partial charge in [-0.25, -0.2) is 8.42 Å². The minimum atomic E-state index is -3.55. The van der Waals surface area contributed by atoms with Crippen LogP contribution in [-0.2, 0) is 26.2 Å². The summed E-state index contributed by atoms with van der Waals surface area (Å²) in [6, 6.07) is 10.0. The van der Waals surface area contributed by atoms with E-state index in [1.807, 2.05) is 45.9 Å². The third-order valence-electron chi connectivity index (χ3n) is 5.72. The Kier molecular flexibility index (Phi) is 11.1. The predicted octanol–water partition coefficient (Wildman–Crippen LogP) is 5.10. The van der Waals surface area contributed by atoms with Crippen molar-refractivity contribution in [2.24, 2.45) is 0 Å². The normalized spacial score (nSPS) is 12.2. The van der Waals surface area contributed by atoms with Gasteiger partial charge in [0.1, 0.15) is 6.04 Å². The van der Waals surface area contributed by atoms with Crippen molar-refractivity contribution in [1.82, 2.24) is 10.2 Å². The molecule has 2 aromatic carbocycles. The van der Waals surface area contributed by atoms with Crippen molar-refractivity contribution in [3.8, 4) is 0 Å². The molecule has 0 aliphatic heterocycles. The van der Waals surface area contributed by atoms with Gasteiger partial charge >= 0.3 is 0 Å². The topological polar surface area (TPSA) is 86.8 Å². The molecule has 0 spiro atoms. The summed E-state index contributed by atoms with van der Waals surface area (Å²) in [5, 5.41) is 3.57. The highest BCUT2D eigenvalue weighted by Gasteiger charge is 2.28. The van der Waals surface area contributed by atoms with Crippen LogP contribution in [0.1, 0.15) is 49.8 Å². The highest BCUT2D eigenvalue weighted by Crippen LogP contribution is 2.25. The van der Waals surface area contributed by atoms with Crippen molar-refractivity contribution in [1.29, 1.82) is 0 Å². The van der Waals surface area contributed by atoms with E-state index >= 15 is 0 Å². The molecule has 1 N–H and O–H groups in total. The number of likely N-dealkylation sites (N-methyl/N-ethyl adjacent to an activating group) is 1. The Hall–Kier alpha value is -2.29. The molecule has 0 fully saturated rings. The standard InChI is InChI=1S/C26H35Cl2N3O4S/c1-6-24(26(33)29-7-2)30(17-20-10-11-22(27)23(28)16-20)25(32)9-8-12-31(36(5,34)35)21-14-18(3)13-19(4)15-21/h10-11,13-16,24H,6-9,12,17H2,1-5H3,(H,29,33)/t24-/m0/s1. The van der Waals surface area contributed by atoms with Gasteiger partial charge in [0.05, 0.1) is 22.0 Å². The van der Waals surface area contributed by atoms with E-state index in [4.69, 9.17) is 23.2 Å². The number of amides is 2. The number of anilines is 1. The first kappa shape index (κ1) is 29.9. The maximum Gasteiger partial charge on any atom is 0.242 e. The Balaban J connectivity index is 2.25. The van der Waals surface area contributed by atoms with Gasteiger partial charge in [-0.2, -0.15) is 0 Å². The van der Waals surface area contributed by atoms with Crippen LogP contribution in [-0.4, -0.2) is 50.5 Å². The average Bonchev–Trinajstić information content (AvgIpc) is 2.77. The van der Waals surface area contributed by atoms with Crippen molar-refractivity contribution in [2.45, 2.75) is 59.5 Å². The lowest BCUT2D eigenvalue weighted by molar-refractivity contribution is -0.141. The van der Waals surface area contributed by atoms with Gasteiger partial charge in [0.15, 0.2) is 0 Å². The highest BCUT2D eigenvalue weighted by atomic mass is 35.5. The van der Waals surface area contributed by atoms with Crippen LogP contribution in [0.25, 0.3) is 0 Å². The number of hydrogen-bond donors (Lipinski definition) is 1. The van der Waals surface area contributed by atoms with E-state index in [-0.39, 0.29) is 31.3 Å². The molecule has 198 valence electrons. The molecule has 2 amide bonds. The molecule has 0 bridgehead atoms. The largest absolute Gasteiger partial charge is 0.355 e. The van der Waals surface area contributed by atoms with Gasteiger partial charge in [0.2, 0.25) is 21.8 Å². The number of aryl methyl sites for hydroxylation is 2. The van der Waals surface area contributed by atoms with Crippen molar-refractivity contribution in [3.63, 3.8) is 0 Å². The maximum atomic E-state index is 13.4. The number of hydrogen-bond acceptors (Lipinski definition) is 4. The molecule has 0 radical (unpaired) electrons. The molecule has 0 unspecified atom stereocenters. The lowest BCUT2D eigenvalue weighted by atomic mass is 10.1. The van der Waals surface area contributed by atoms with Crippen LogP contribution >= 0.6 is 23.2 Å². The number of nitrogens with one attached hydrogen (secondary N) is 1. The minimum Gasteiger partial charge on any atom is -0.355 e. The Labute approximate surface area is 224 Å². The molecule has 0 saturated carbocycles. The smallest absolute Gasteiger partial charge is 0.242 e. The fraction of sp³-hybridized carbons (Fsp3) is 0.462. The predicted molar refractivity (Wildman–Crippen MR) is 147 cm³/mol. The second-order valence-corrected chi connectivity index (χ2v) is 11.6. The van der Waals surface area contributed by atoms with Crippen LogP contribution in [0.3, 0.4) is 0 Å². The van der Waals surface area contributed by atoms with Crippen molar-refractivity contribution in [2.75, 3.05) is 23.7 Å². The average molecular weight is 557 g/mol. The van der Waals surface area contributed by atoms with Crippen molar-refractivity contribution >= 4 is 50.7 Å². The molecule has 0 aromatic heterocycles. The summed E-state index contributed by atoms with van der Waals surface area (Å²) >= 11 is 12.2. The van der Waals surface area contributed by atoms with Gasteiger partial charge in [0, 0.05) is 26.1 Å². The van der Waals surface area contributed by atoms with Gasteiger partial charge in [0.25, 0.3) is 0 Å². The first-order valence-corrected chi connectivity index (χ1v) is 14.5. The Morgan fingerprint density at radius 1 is 1.00 bits per heavy atom. The molecule has 0 aliphatic carbocycles. The van der Waals surface area contributed by atoms with Crippen LogP contribution in [0.5, 0.6) is 0 Å².